The van der Waals surface area contributed by atoms with Crippen LogP contribution in [0.2, 0.25) is 10.3 Å². The molecule has 152 valence electrons. The molecular formula is C16H18Cl2N4O4S2. The number of halogens is 2. The first-order chi connectivity index (χ1) is 13.0. The summed E-state index contributed by atoms with van der Waals surface area (Å²) in [6.07, 6.45) is 0. The molecule has 0 spiro atoms. The number of hydrogen-bond acceptors (Lipinski definition) is 7. The minimum atomic E-state index is -3.51. The van der Waals surface area contributed by atoms with E-state index < -0.39 is 21.7 Å². The van der Waals surface area contributed by atoms with Crippen molar-refractivity contribution < 1.29 is 18.0 Å². The lowest BCUT2D eigenvalue weighted by Gasteiger charge is -2.05. The van der Waals surface area contributed by atoms with Crippen LogP contribution in [-0.4, -0.2) is 41.7 Å². The highest BCUT2D eigenvalue weighted by molar-refractivity contribution is 7.99. The Bertz CT molecular complexity index is 985. The van der Waals surface area contributed by atoms with E-state index in [1.807, 2.05) is 6.92 Å². The Hall–Kier alpha value is -1.88. The molecule has 0 aliphatic heterocycles. The number of sulfone groups is 1. The van der Waals surface area contributed by atoms with Crippen LogP contribution in [0, 0.1) is 0 Å². The van der Waals surface area contributed by atoms with Crippen LogP contribution in [-0.2, 0) is 9.84 Å². The van der Waals surface area contributed by atoms with Crippen molar-refractivity contribution in [1.29, 1.82) is 0 Å². The molecule has 0 aliphatic carbocycles. The van der Waals surface area contributed by atoms with E-state index in [-0.39, 0.29) is 32.3 Å². The van der Waals surface area contributed by atoms with Gasteiger partial charge in [-0.2, -0.15) is 0 Å². The number of carbonyl (C=O) groups is 2. The lowest BCUT2D eigenvalue weighted by Crippen LogP contribution is -2.19. The van der Waals surface area contributed by atoms with Gasteiger partial charge >= 0.3 is 0 Å². The summed E-state index contributed by atoms with van der Waals surface area (Å²) >= 11 is 12.7. The predicted molar refractivity (Wildman–Crippen MR) is 110 cm³/mol. The Morgan fingerprint density at radius 2 is 1.46 bits per heavy atom. The maximum Gasteiger partial charge on any atom is 0.268 e. The number of carbonyl (C=O) groups excluding carboxylic acids is 2. The maximum absolute atomic E-state index is 11.5. The Kier molecular flexibility index (Phi) is 9.15. The normalized spacial score (nSPS) is 10.7. The molecular weight excluding hydrogens is 447 g/mol. The van der Waals surface area contributed by atoms with Crippen molar-refractivity contribution in [1.82, 2.24) is 9.97 Å². The van der Waals surface area contributed by atoms with Crippen LogP contribution in [0.4, 0.5) is 0 Å². The standard InChI is InChI=1S/C8H9ClN2O3S.C8H9ClN2OS/c1-2-15(13,14)5-3-4-6(9)11-7(5)8(10)12;1-2-13-5-3-4-6(9)11-7(5)8(10)12/h3-4H,2H2,1H3,(H2,10,12);3-4H,2H2,1H3,(H2,10,12). The number of hydrogen-bond donors (Lipinski definition) is 2. The number of rotatable bonds is 6. The van der Waals surface area contributed by atoms with Crippen LogP contribution >= 0.6 is 35.0 Å². The van der Waals surface area contributed by atoms with E-state index in [0.717, 1.165) is 10.6 Å². The first-order valence-corrected chi connectivity index (χ1v) is 11.2. The van der Waals surface area contributed by atoms with Crippen molar-refractivity contribution in [2.75, 3.05) is 11.5 Å². The number of nitrogens with zero attached hydrogens (tertiary/aromatic N) is 2. The summed E-state index contributed by atoms with van der Waals surface area (Å²) in [5.41, 5.74) is 10.1. The van der Waals surface area contributed by atoms with Gasteiger partial charge in [-0.15, -0.1) is 11.8 Å². The third-order valence-corrected chi connectivity index (χ3v) is 6.24. The zero-order chi connectivity index (χ0) is 21.5. The average molecular weight is 465 g/mol. The first kappa shape index (κ1) is 24.2. The first-order valence-electron chi connectivity index (χ1n) is 7.81. The molecule has 28 heavy (non-hydrogen) atoms. The predicted octanol–water partition coefficient (Wildman–Crippen LogP) is 2.57. The third kappa shape index (κ3) is 6.62. The zero-order valence-corrected chi connectivity index (χ0v) is 18.1. The number of thioether (sulfide) groups is 1. The fraction of sp³-hybridized carbons (Fsp3) is 0.250. The van der Waals surface area contributed by atoms with Crippen molar-refractivity contribution in [2.45, 2.75) is 23.6 Å². The number of nitrogens with two attached hydrogens (primary N) is 2. The van der Waals surface area contributed by atoms with Crippen molar-refractivity contribution in [3.8, 4) is 0 Å². The molecule has 2 aromatic heterocycles. The van der Waals surface area contributed by atoms with Crippen LogP contribution in [0.15, 0.2) is 34.1 Å². The van der Waals surface area contributed by atoms with Crippen molar-refractivity contribution in [2.24, 2.45) is 11.5 Å². The Morgan fingerprint density at radius 3 is 1.93 bits per heavy atom. The van der Waals surface area contributed by atoms with E-state index in [4.69, 9.17) is 34.7 Å². The molecule has 0 fully saturated rings. The lowest BCUT2D eigenvalue weighted by molar-refractivity contribution is 0.0984. The molecule has 2 aromatic rings. The summed E-state index contributed by atoms with van der Waals surface area (Å²) in [5, 5.41) is 0.313. The summed E-state index contributed by atoms with van der Waals surface area (Å²) < 4.78 is 23.1. The molecule has 0 unspecified atom stereocenters. The van der Waals surface area contributed by atoms with Gasteiger partial charge in [-0.1, -0.05) is 37.0 Å². The van der Waals surface area contributed by atoms with Gasteiger partial charge in [0.2, 0.25) is 0 Å². The molecule has 4 N–H and O–H groups in total. The second-order valence-corrected chi connectivity index (χ2v) is 9.35. The van der Waals surface area contributed by atoms with Gasteiger partial charge in [-0.05, 0) is 30.0 Å². The molecule has 0 saturated carbocycles. The number of primary amides is 2. The fourth-order valence-corrected chi connectivity index (χ4v) is 3.96. The number of aromatic nitrogens is 2. The van der Waals surface area contributed by atoms with Gasteiger partial charge in [0.15, 0.2) is 9.84 Å². The van der Waals surface area contributed by atoms with E-state index in [9.17, 15) is 18.0 Å². The third-order valence-electron chi connectivity index (χ3n) is 3.13. The summed E-state index contributed by atoms with van der Waals surface area (Å²) in [6, 6.07) is 5.93. The summed E-state index contributed by atoms with van der Waals surface area (Å²) in [4.78, 5) is 30.0. The highest BCUT2D eigenvalue weighted by Crippen LogP contribution is 2.22. The molecule has 0 bridgehead atoms. The second-order valence-electron chi connectivity index (χ2n) is 5.03. The van der Waals surface area contributed by atoms with Gasteiger partial charge in [0.25, 0.3) is 11.8 Å². The van der Waals surface area contributed by atoms with Gasteiger partial charge in [0.05, 0.1) is 10.6 Å². The topological polar surface area (TPSA) is 146 Å². The van der Waals surface area contributed by atoms with E-state index in [1.54, 1.807) is 12.1 Å². The van der Waals surface area contributed by atoms with E-state index >= 15 is 0 Å². The summed E-state index contributed by atoms with van der Waals surface area (Å²) in [7, 11) is -3.51. The van der Waals surface area contributed by atoms with Crippen LogP contribution in [0.3, 0.4) is 0 Å². The molecule has 0 aliphatic rings. The second kappa shape index (κ2) is 10.6. The lowest BCUT2D eigenvalue weighted by atomic mass is 10.3. The van der Waals surface area contributed by atoms with E-state index in [2.05, 4.69) is 9.97 Å². The van der Waals surface area contributed by atoms with Crippen LogP contribution in [0.1, 0.15) is 34.8 Å². The van der Waals surface area contributed by atoms with Gasteiger partial charge in [0.1, 0.15) is 21.7 Å². The number of pyridine rings is 2. The van der Waals surface area contributed by atoms with Crippen LogP contribution in [0.25, 0.3) is 0 Å². The molecule has 2 heterocycles. The van der Waals surface area contributed by atoms with Crippen LogP contribution in [0.5, 0.6) is 0 Å². The fourth-order valence-electron chi connectivity index (χ4n) is 1.88. The minimum Gasteiger partial charge on any atom is -0.364 e. The highest BCUT2D eigenvalue weighted by atomic mass is 35.5. The Morgan fingerprint density at radius 1 is 0.964 bits per heavy atom. The quantitative estimate of drug-likeness (QED) is 0.492. The SMILES string of the molecule is CCS(=O)(=O)c1ccc(Cl)nc1C(N)=O.CCSc1ccc(Cl)nc1C(N)=O. The molecule has 2 amide bonds. The van der Waals surface area contributed by atoms with E-state index in [1.165, 1.54) is 30.8 Å². The Balaban J connectivity index is 0.000000283. The zero-order valence-electron chi connectivity index (χ0n) is 15.0. The molecule has 0 aromatic carbocycles. The van der Waals surface area contributed by atoms with E-state index in [0.29, 0.717) is 0 Å². The monoisotopic (exact) mass is 464 g/mol. The van der Waals surface area contributed by atoms with Crippen molar-refractivity contribution >= 4 is 56.6 Å². The molecule has 0 saturated heterocycles. The summed E-state index contributed by atoms with van der Waals surface area (Å²) in [6.45, 7) is 3.46. The molecule has 0 radical (unpaired) electrons. The largest absolute Gasteiger partial charge is 0.364 e. The molecule has 12 heteroatoms. The minimum absolute atomic E-state index is 0.0267. The van der Waals surface area contributed by atoms with Crippen molar-refractivity contribution in [3.05, 3.63) is 46.0 Å². The van der Waals surface area contributed by atoms with Gasteiger partial charge < -0.3 is 11.5 Å². The Labute approximate surface area is 176 Å². The molecule has 8 nitrogen and oxygen atoms in total. The average Bonchev–Trinajstić information content (AvgIpc) is 2.63. The molecule has 0 atom stereocenters. The number of amides is 2. The summed E-state index contributed by atoms with van der Waals surface area (Å²) in [5.74, 6) is -0.719. The van der Waals surface area contributed by atoms with Gasteiger partial charge in [-0.3, -0.25) is 9.59 Å². The molecule has 2 rings (SSSR count). The smallest absolute Gasteiger partial charge is 0.268 e. The highest BCUT2D eigenvalue weighted by Gasteiger charge is 2.21. The van der Waals surface area contributed by atoms with Crippen molar-refractivity contribution in [3.63, 3.8) is 0 Å². The van der Waals surface area contributed by atoms with Gasteiger partial charge in [0, 0.05) is 4.90 Å². The van der Waals surface area contributed by atoms with Gasteiger partial charge in [-0.25, -0.2) is 18.4 Å². The maximum atomic E-state index is 11.5. The van der Waals surface area contributed by atoms with Crippen LogP contribution < -0.4 is 11.5 Å².